The standard InChI is InChI=1S/C26H34N2O6/c1-26(2)33-23-22(31-16-18-13-9-6-10-14-18)21(32-25(23)34-26)20(29)19(24(30)28(3)4)27-15-17-11-7-5-8-12-17/h5-14,19-23,25,27,29H,15-16H2,1-4H3/t19-,20+,21+,22-,23+,25+/m0/s1. The van der Waals surface area contributed by atoms with Gasteiger partial charge in [-0.15, -0.1) is 0 Å². The smallest absolute Gasteiger partial charge is 0.241 e. The Morgan fingerprint density at radius 1 is 1.06 bits per heavy atom. The van der Waals surface area contributed by atoms with E-state index in [0.717, 1.165) is 11.1 Å². The molecule has 2 heterocycles. The van der Waals surface area contributed by atoms with Gasteiger partial charge in [-0.25, -0.2) is 0 Å². The van der Waals surface area contributed by atoms with Gasteiger partial charge in [-0.05, 0) is 25.0 Å². The lowest BCUT2D eigenvalue weighted by Crippen LogP contribution is -2.57. The molecule has 1 amide bonds. The van der Waals surface area contributed by atoms with E-state index in [9.17, 15) is 9.90 Å². The SMILES string of the molecule is CN(C)C(=O)[C@@H](NCc1ccccc1)[C@@H](O)[C@H]1O[C@@H]2OC(C)(C)O[C@@H]2[C@H]1OCc1ccccc1. The molecule has 0 unspecified atom stereocenters. The van der Waals surface area contributed by atoms with Crippen LogP contribution in [0.4, 0.5) is 0 Å². The molecule has 6 atom stereocenters. The number of nitrogens with one attached hydrogen (secondary N) is 1. The highest BCUT2D eigenvalue weighted by atomic mass is 16.8. The molecule has 2 saturated heterocycles. The quantitative estimate of drug-likeness (QED) is 0.580. The number of carbonyl (C=O) groups is 1. The average molecular weight is 471 g/mol. The number of hydrogen-bond donors (Lipinski definition) is 2. The molecule has 8 heteroatoms. The minimum atomic E-state index is -1.19. The Kier molecular flexibility index (Phi) is 7.67. The van der Waals surface area contributed by atoms with Crippen molar-refractivity contribution >= 4 is 5.91 Å². The van der Waals surface area contributed by atoms with E-state index < -0.39 is 42.5 Å². The number of benzene rings is 2. The summed E-state index contributed by atoms with van der Waals surface area (Å²) < 4.78 is 24.3. The first-order valence-electron chi connectivity index (χ1n) is 11.6. The van der Waals surface area contributed by atoms with Crippen LogP contribution in [-0.4, -0.2) is 72.5 Å². The number of fused-ring (bicyclic) bond motifs is 1. The first kappa shape index (κ1) is 24.8. The Balaban J connectivity index is 1.53. The Morgan fingerprint density at radius 2 is 1.68 bits per heavy atom. The minimum absolute atomic E-state index is 0.256. The predicted molar refractivity (Wildman–Crippen MR) is 125 cm³/mol. The highest BCUT2D eigenvalue weighted by Crippen LogP contribution is 2.40. The van der Waals surface area contributed by atoms with Crippen molar-refractivity contribution in [3.63, 3.8) is 0 Å². The number of likely N-dealkylation sites (N-methyl/N-ethyl adjacent to an activating group) is 1. The van der Waals surface area contributed by atoms with Gasteiger partial charge in [0, 0.05) is 20.6 Å². The van der Waals surface area contributed by atoms with Gasteiger partial charge in [0.1, 0.15) is 30.5 Å². The second kappa shape index (κ2) is 10.5. The van der Waals surface area contributed by atoms with Crippen LogP contribution >= 0.6 is 0 Å². The minimum Gasteiger partial charge on any atom is -0.388 e. The maximum absolute atomic E-state index is 13.0. The van der Waals surface area contributed by atoms with Gasteiger partial charge in [0.05, 0.1) is 6.61 Å². The number of aliphatic hydroxyl groups excluding tert-OH is 1. The monoisotopic (exact) mass is 470 g/mol. The Labute approximate surface area is 200 Å². The maximum Gasteiger partial charge on any atom is 0.241 e. The number of nitrogens with zero attached hydrogens (tertiary/aromatic N) is 1. The van der Waals surface area contributed by atoms with E-state index in [1.54, 1.807) is 14.1 Å². The van der Waals surface area contributed by atoms with Crippen LogP contribution < -0.4 is 5.32 Å². The fourth-order valence-corrected chi connectivity index (χ4v) is 4.38. The summed E-state index contributed by atoms with van der Waals surface area (Å²) in [6.45, 7) is 4.36. The van der Waals surface area contributed by atoms with Crippen molar-refractivity contribution in [2.45, 2.75) is 69.5 Å². The molecular weight excluding hydrogens is 436 g/mol. The van der Waals surface area contributed by atoms with Crippen molar-refractivity contribution in [3.05, 3.63) is 71.8 Å². The molecule has 2 aromatic rings. The largest absolute Gasteiger partial charge is 0.388 e. The van der Waals surface area contributed by atoms with Gasteiger partial charge in [-0.2, -0.15) is 0 Å². The number of ether oxygens (including phenoxy) is 4. The molecule has 0 spiro atoms. The third kappa shape index (κ3) is 5.66. The van der Waals surface area contributed by atoms with Gasteiger partial charge in [-0.3, -0.25) is 10.1 Å². The van der Waals surface area contributed by atoms with Crippen molar-refractivity contribution < 1.29 is 28.8 Å². The van der Waals surface area contributed by atoms with Crippen LogP contribution in [0.15, 0.2) is 60.7 Å². The molecule has 0 radical (unpaired) electrons. The normalized spacial score (nSPS) is 27.2. The van der Waals surface area contributed by atoms with Gasteiger partial charge in [0.2, 0.25) is 5.91 Å². The van der Waals surface area contributed by atoms with Gasteiger partial charge < -0.3 is 29.0 Å². The molecule has 2 aromatic carbocycles. The highest BCUT2D eigenvalue weighted by Gasteiger charge is 2.58. The molecule has 0 aliphatic carbocycles. The summed E-state index contributed by atoms with van der Waals surface area (Å²) in [5.74, 6) is -1.09. The number of carbonyl (C=O) groups excluding carboxylic acids is 1. The first-order chi connectivity index (χ1) is 16.2. The van der Waals surface area contributed by atoms with Gasteiger partial charge in [-0.1, -0.05) is 60.7 Å². The van der Waals surface area contributed by atoms with Crippen molar-refractivity contribution in [1.82, 2.24) is 10.2 Å². The molecular formula is C26H34N2O6. The lowest BCUT2D eigenvalue weighted by molar-refractivity contribution is -0.232. The summed E-state index contributed by atoms with van der Waals surface area (Å²) in [4.78, 5) is 14.5. The molecule has 2 aliphatic rings. The van der Waals surface area contributed by atoms with Crippen LogP contribution in [-0.2, 0) is 36.9 Å². The molecule has 184 valence electrons. The number of aliphatic hydroxyl groups is 1. The van der Waals surface area contributed by atoms with E-state index in [1.165, 1.54) is 4.90 Å². The Morgan fingerprint density at radius 3 is 2.29 bits per heavy atom. The molecule has 0 aromatic heterocycles. The van der Waals surface area contributed by atoms with Gasteiger partial charge >= 0.3 is 0 Å². The van der Waals surface area contributed by atoms with E-state index in [2.05, 4.69) is 5.32 Å². The third-order valence-corrected chi connectivity index (χ3v) is 6.07. The van der Waals surface area contributed by atoms with Gasteiger partial charge in [0.25, 0.3) is 0 Å². The van der Waals surface area contributed by atoms with Crippen molar-refractivity contribution in [2.24, 2.45) is 0 Å². The number of amides is 1. The van der Waals surface area contributed by atoms with Crippen molar-refractivity contribution in [1.29, 1.82) is 0 Å². The zero-order valence-electron chi connectivity index (χ0n) is 20.1. The summed E-state index contributed by atoms with van der Waals surface area (Å²) in [6.07, 6.45) is -3.87. The Hall–Kier alpha value is -2.33. The van der Waals surface area contributed by atoms with Crippen LogP contribution in [0.5, 0.6) is 0 Å². The molecule has 2 fully saturated rings. The fourth-order valence-electron chi connectivity index (χ4n) is 4.38. The summed E-state index contributed by atoms with van der Waals surface area (Å²) >= 11 is 0. The topological polar surface area (TPSA) is 89.5 Å². The number of hydrogen-bond acceptors (Lipinski definition) is 7. The molecule has 2 aliphatic heterocycles. The van der Waals surface area contributed by atoms with Crippen LogP contribution in [0.25, 0.3) is 0 Å². The van der Waals surface area contributed by atoms with Crippen molar-refractivity contribution in [2.75, 3.05) is 14.1 Å². The highest BCUT2D eigenvalue weighted by molar-refractivity contribution is 5.82. The molecule has 4 rings (SSSR count). The van der Waals surface area contributed by atoms with E-state index in [-0.39, 0.29) is 5.91 Å². The molecule has 8 nitrogen and oxygen atoms in total. The van der Waals surface area contributed by atoms with E-state index in [1.807, 2.05) is 74.5 Å². The lowest BCUT2D eigenvalue weighted by atomic mass is 9.98. The van der Waals surface area contributed by atoms with Crippen LogP contribution in [0, 0.1) is 0 Å². The van der Waals surface area contributed by atoms with Crippen LogP contribution in [0.2, 0.25) is 0 Å². The summed E-state index contributed by atoms with van der Waals surface area (Å²) in [6, 6.07) is 18.6. The molecule has 0 saturated carbocycles. The third-order valence-electron chi connectivity index (χ3n) is 6.07. The van der Waals surface area contributed by atoms with Gasteiger partial charge in [0.15, 0.2) is 12.1 Å². The van der Waals surface area contributed by atoms with Crippen LogP contribution in [0.1, 0.15) is 25.0 Å². The average Bonchev–Trinajstić information content (AvgIpc) is 3.30. The second-order valence-corrected chi connectivity index (χ2v) is 9.40. The summed E-state index contributed by atoms with van der Waals surface area (Å²) in [5, 5.41) is 14.6. The molecule has 34 heavy (non-hydrogen) atoms. The molecule has 2 N–H and O–H groups in total. The zero-order chi connectivity index (χ0) is 24.3. The van der Waals surface area contributed by atoms with E-state index in [0.29, 0.717) is 13.2 Å². The molecule has 0 bridgehead atoms. The summed E-state index contributed by atoms with van der Waals surface area (Å²) in [7, 11) is 3.32. The van der Waals surface area contributed by atoms with E-state index >= 15 is 0 Å². The second-order valence-electron chi connectivity index (χ2n) is 9.40. The summed E-state index contributed by atoms with van der Waals surface area (Å²) in [5.41, 5.74) is 1.99. The number of rotatable bonds is 9. The zero-order valence-corrected chi connectivity index (χ0v) is 20.1. The fraction of sp³-hybridized carbons (Fsp3) is 0.500. The Bertz CT molecular complexity index is 939. The lowest BCUT2D eigenvalue weighted by Gasteiger charge is -2.33. The van der Waals surface area contributed by atoms with E-state index in [4.69, 9.17) is 18.9 Å². The predicted octanol–water partition coefficient (Wildman–Crippen LogP) is 2.06. The van der Waals surface area contributed by atoms with Crippen LogP contribution in [0.3, 0.4) is 0 Å². The van der Waals surface area contributed by atoms with Crippen molar-refractivity contribution in [3.8, 4) is 0 Å². The first-order valence-corrected chi connectivity index (χ1v) is 11.6. The maximum atomic E-state index is 13.0.